The van der Waals surface area contributed by atoms with Gasteiger partial charge in [0.05, 0.1) is 0 Å². The number of anilines is 2. The van der Waals surface area contributed by atoms with Gasteiger partial charge in [0.15, 0.2) is 0 Å². The Morgan fingerprint density at radius 1 is 0.879 bits per heavy atom. The molecule has 1 N–H and O–H groups in total. The summed E-state index contributed by atoms with van der Waals surface area (Å²) in [5.74, 6) is 1.66. The van der Waals surface area contributed by atoms with Crippen molar-refractivity contribution in [2.75, 3.05) is 16.8 Å². The monoisotopic (exact) mass is 658 g/mol. The summed E-state index contributed by atoms with van der Waals surface area (Å²) in [5, 5.41) is 3.49. The fourth-order valence-corrected chi connectivity index (χ4v) is 4.98. The van der Waals surface area contributed by atoms with E-state index in [-0.39, 0.29) is 0 Å². The van der Waals surface area contributed by atoms with Crippen molar-refractivity contribution < 1.29 is 0 Å². The van der Waals surface area contributed by atoms with E-state index in [0.29, 0.717) is 0 Å². The Bertz CT molecular complexity index is 1290. The molecule has 0 aliphatic carbocycles. The van der Waals surface area contributed by atoms with Crippen LogP contribution in [0.3, 0.4) is 0 Å². The lowest BCUT2D eigenvalue weighted by atomic mass is 10.0. The molecule has 5 rings (SSSR count). The number of nitrogens with zero attached hydrogens (tertiary/aromatic N) is 3. The van der Waals surface area contributed by atoms with Crippen molar-refractivity contribution in [2.45, 2.75) is 26.4 Å². The average molecular weight is 658 g/mol. The van der Waals surface area contributed by atoms with E-state index >= 15 is 0 Å². The van der Waals surface area contributed by atoms with Crippen LogP contribution >= 0.6 is 45.2 Å². The Kier molecular flexibility index (Phi) is 6.82. The van der Waals surface area contributed by atoms with Crippen molar-refractivity contribution in [1.82, 2.24) is 9.97 Å². The molecule has 33 heavy (non-hydrogen) atoms. The van der Waals surface area contributed by atoms with Crippen LogP contribution in [0, 0.1) is 14.2 Å². The van der Waals surface area contributed by atoms with E-state index in [0.717, 1.165) is 41.5 Å². The van der Waals surface area contributed by atoms with Crippen molar-refractivity contribution in [3.63, 3.8) is 0 Å². The van der Waals surface area contributed by atoms with Crippen molar-refractivity contribution >= 4 is 56.9 Å². The number of halogens is 2. The predicted octanol–water partition coefficient (Wildman–Crippen LogP) is 6.84. The van der Waals surface area contributed by atoms with Gasteiger partial charge in [-0.25, -0.2) is 4.98 Å². The second-order valence-electron chi connectivity index (χ2n) is 8.33. The Labute approximate surface area is 222 Å². The minimum Gasteiger partial charge on any atom is -0.366 e. The third-order valence-corrected chi connectivity index (χ3v) is 7.78. The summed E-state index contributed by atoms with van der Waals surface area (Å²) in [6, 6.07) is 26.0. The normalized spacial score (nSPS) is 13.0. The number of aryl methyl sites for hydroxylation is 1. The van der Waals surface area contributed by atoms with Crippen LogP contribution in [0.5, 0.6) is 0 Å². The van der Waals surface area contributed by atoms with Gasteiger partial charge in [-0.3, -0.25) is 0 Å². The van der Waals surface area contributed by atoms with Gasteiger partial charge in [-0.1, -0.05) is 60.7 Å². The van der Waals surface area contributed by atoms with E-state index in [9.17, 15) is 0 Å². The van der Waals surface area contributed by atoms with Gasteiger partial charge in [-0.2, -0.15) is 4.98 Å². The van der Waals surface area contributed by atoms with E-state index in [2.05, 4.69) is 129 Å². The number of aromatic nitrogens is 2. The SMILES string of the molecule is Cc1cc(-c2ccc(CNc3cc(I)nc(N4CCc5ccccc5C4)n3)cc2)ccc1I. The highest BCUT2D eigenvalue weighted by Gasteiger charge is 2.19. The first-order valence-corrected chi connectivity index (χ1v) is 13.2. The maximum absolute atomic E-state index is 4.83. The number of hydrogen-bond donors (Lipinski definition) is 1. The van der Waals surface area contributed by atoms with Crippen molar-refractivity contribution in [3.8, 4) is 11.1 Å². The zero-order chi connectivity index (χ0) is 22.8. The van der Waals surface area contributed by atoms with E-state index in [1.54, 1.807) is 0 Å². The molecule has 1 aliphatic heterocycles. The molecule has 0 bridgehead atoms. The fourth-order valence-electron chi connectivity index (χ4n) is 4.14. The fraction of sp³-hybridized carbons (Fsp3) is 0.185. The molecule has 0 saturated heterocycles. The maximum Gasteiger partial charge on any atom is 0.228 e. The molecule has 0 fully saturated rings. The van der Waals surface area contributed by atoms with E-state index in [1.807, 2.05) is 6.07 Å². The first kappa shape index (κ1) is 22.6. The molecular formula is C27H24I2N4. The van der Waals surface area contributed by atoms with Gasteiger partial charge in [0.1, 0.15) is 9.52 Å². The second kappa shape index (κ2) is 9.97. The van der Waals surface area contributed by atoms with Crippen LogP contribution in [0.4, 0.5) is 11.8 Å². The van der Waals surface area contributed by atoms with Gasteiger partial charge in [-0.05, 0) is 98.0 Å². The molecule has 0 saturated carbocycles. The summed E-state index contributed by atoms with van der Waals surface area (Å²) >= 11 is 4.66. The summed E-state index contributed by atoms with van der Waals surface area (Å²) in [6.45, 7) is 4.68. The predicted molar refractivity (Wildman–Crippen MR) is 153 cm³/mol. The Hall–Kier alpha value is -2.20. The molecule has 0 unspecified atom stereocenters. The van der Waals surface area contributed by atoms with E-state index in [4.69, 9.17) is 9.97 Å². The van der Waals surface area contributed by atoms with Gasteiger partial charge in [0.25, 0.3) is 0 Å². The molecule has 6 heteroatoms. The first-order chi connectivity index (χ1) is 16.0. The zero-order valence-corrected chi connectivity index (χ0v) is 22.7. The van der Waals surface area contributed by atoms with Crippen molar-refractivity contribution in [3.05, 3.63) is 102 Å². The quantitative estimate of drug-likeness (QED) is 0.189. The summed E-state index contributed by atoms with van der Waals surface area (Å²) in [6.07, 6.45) is 1.03. The molecule has 3 aromatic carbocycles. The number of benzene rings is 3. The molecule has 0 spiro atoms. The molecular weight excluding hydrogens is 634 g/mol. The maximum atomic E-state index is 4.83. The molecule has 4 nitrogen and oxygen atoms in total. The van der Waals surface area contributed by atoms with Crippen LogP contribution < -0.4 is 10.2 Å². The highest BCUT2D eigenvalue weighted by Crippen LogP contribution is 2.25. The molecule has 1 aliphatic rings. The minimum atomic E-state index is 0.724. The molecule has 1 aromatic heterocycles. The van der Waals surface area contributed by atoms with Crippen LogP contribution in [-0.2, 0) is 19.5 Å². The van der Waals surface area contributed by atoms with Gasteiger partial charge in [0, 0.05) is 29.3 Å². The van der Waals surface area contributed by atoms with Gasteiger partial charge < -0.3 is 10.2 Å². The molecule has 166 valence electrons. The second-order valence-corrected chi connectivity index (χ2v) is 10.6. The lowest BCUT2D eigenvalue weighted by molar-refractivity contribution is 0.706. The number of rotatable bonds is 5. The summed E-state index contributed by atoms with van der Waals surface area (Å²) in [7, 11) is 0. The Balaban J connectivity index is 1.27. The van der Waals surface area contributed by atoms with Crippen LogP contribution in [0.2, 0.25) is 0 Å². The van der Waals surface area contributed by atoms with Gasteiger partial charge in [0.2, 0.25) is 5.95 Å². The third kappa shape index (κ3) is 5.32. The molecule has 4 aromatic rings. The zero-order valence-electron chi connectivity index (χ0n) is 18.4. The van der Waals surface area contributed by atoms with Crippen molar-refractivity contribution in [2.24, 2.45) is 0 Å². The lowest BCUT2D eigenvalue weighted by Crippen LogP contribution is -2.32. The molecule has 0 amide bonds. The summed E-state index contributed by atoms with van der Waals surface area (Å²) in [4.78, 5) is 11.8. The van der Waals surface area contributed by atoms with Crippen molar-refractivity contribution in [1.29, 1.82) is 0 Å². The third-order valence-electron chi connectivity index (χ3n) is 6.02. The largest absolute Gasteiger partial charge is 0.366 e. The standard InChI is InChI=1S/C27H24I2N4/c1-18-14-22(10-11-24(18)28)21-8-6-19(7-9-21)16-30-26-15-25(29)31-27(32-26)33-13-12-20-4-2-3-5-23(20)17-33/h2-11,14-15H,12-13,16-17H2,1H3,(H,30,31,32). The smallest absolute Gasteiger partial charge is 0.228 e. The minimum absolute atomic E-state index is 0.724. The van der Waals surface area contributed by atoms with Crippen LogP contribution in [0.15, 0.2) is 72.8 Å². The van der Waals surface area contributed by atoms with Gasteiger partial charge >= 0.3 is 0 Å². The highest BCUT2D eigenvalue weighted by atomic mass is 127. The lowest BCUT2D eigenvalue weighted by Gasteiger charge is -2.29. The first-order valence-electron chi connectivity index (χ1n) is 11.0. The van der Waals surface area contributed by atoms with Crippen LogP contribution in [0.25, 0.3) is 11.1 Å². The van der Waals surface area contributed by atoms with E-state index < -0.39 is 0 Å². The topological polar surface area (TPSA) is 41.1 Å². The van der Waals surface area contributed by atoms with Gasteiger partial charge in [-0.15, -0.1) is 0 Å². The highest BCUT2D eigenvalue weighted by molar-refractivity contribution is 14.1. The van der Waals surface area contributed by atoms with Crippen LogP contribution in [0.1, 0.15) is 22.3 Å². The molecule has 2 heterocycles. The number of nitrogens with one attached hydrogen (secondary N) is 1. The van der Waals surface area contributed by atoms with Crippen LogP contribution in [-0.4, -0.2) is 16.5 Å². The Morgan fingerprint density at radius 3 is 2.42 bits per heavy atom. The van der Waals surface area contributed by atoms with E-state index in [1.165, 1.54) is 37.0 Å². The average Bonchev–Trinajstić information content (AvgIpc) is 2.84. The summed E-state index contributed by atoms with van der Waals surface area (Å²) < 4.78 is 2.24. The summed E-state index contributed by atoms with van der Waals surface area (Å²) in [5.41, 5.74) is 7.83. The molecule has 0 atom stereocenters. The number of hydrogen-bond acceptors (Lipinski definition) is 4. The Morgan fingerprint density at radius 2 is 1.64 bits per heavy atom. The molecule has 0 radical (unpaired) electrons. The number of fused-ring (bicyclic) bond motifs is 1.